The van der Waals surface area contributed by atoms with Gasteiger partial charge in [-0.3, -0.25) is 9.39 Å². The van der Waals surface area contributed by atoms with E-state index in [1.54, 1.807) is 18.8 Å². The monoisotopic (exact) mass is 368 g/mol. The third kappa shape index (κ3) is 4.35. The maximum atomic E-state index is 4.30. The van der Waals surface area contributed by atoms with Gasteiger partial charge in [0.15, 0.2) is 11.6 Å². The Bertz CT molecular complexity index is 902. The Morgan fingerprint density at radius 1 is 1.19 bits per heavy atom. The minimum absolute atomic E-state index is 0.735. The third-order valence-corrected chi connectivity index (χ3v) is 4.96. The van der Waals surface area contributed by atoms with Crippen molar-refractivity contribution in [3.8, 4) is 0 Å². The van der Waals surface area contributed by atoms with Gasteiger partial charge in [-0.15, -0.1) is 22.0 Å². The van der Waals surface area contributed by atoms with Crippen LogP contribution in [-0.4, -0.2) is 40.4 Å². The van der Waals surface area contributed by atoms with Gasteiger partial charge in [0.1, 0.15) is 5.82 Å². The molecule has 0 unspecified atom stereocenters. The number of fused-ring (bicyclic) bond motifs is 1. The normalized spacial score (nSPS) is 11.7. The number of benzene rings is 1. The van der Waals surface area contributed by atoms with E-state index in [2.05, 4.69) is 57.2 Å². The number of aliphatic imine (C=N–C) groups is 1. The number of rotatable bonds is 6. The minimum Gasteiger partial charge on any atom is -0.356 e. The summed E-state index contributed by atoms with van der Waals surface area (Å²) < 4.78 is 2.01. The fourth-order valence-electron chi connectivity index (χ4n) is 2.75. The van der Waals surface area contributed by atoms with Gasteiger partial charge in [-0.1, -0.05) is 18.2 Å². The third-order valence-electron chi connectivity index (χ3n) is 4.14. The van der Waals surface area contributed by atoms with Crippen molar-refractivity contribution in [2.45, 2.75) is 24.8 Å². The Hall–Kier alpha value is -2.54. The molecule has 1 aromatic carbocycles. The summed E-state index contributed by atoms with van der Waals surface area (Å²) in [5, 5.41) is 15.2. The van der Waals surface area contributed by atoms with E-state index in [0.29, 0.717) is 0 Å². The molecule has 0 spiro atoms. The van der Waals surface area contributed by atoms with Crippen LogP contribution in [0.15, 0.2) is 52.5 Å². The van der Waals surface area contributed by atoms with Gasteiger partial charge in [0.2, 0.25) is 0 Å². The molecular weight excluding hydrogens is 344 g/mol. The first-order valence-electron chi connectivity index (χ1n) is 8.58. The number of nitrogens with one attached hydrogen (secondary N) is 2. The molecule has 26 heavy (non-hydrogen) atoms. The zero-order valence-corrected chi connectivity index (χ0v) is 16.2. The molecule has 0 aliphatic carbocycles. The van der Waals surface area contributed by atoms with E-state index in [1.807, 2.05) is 28.8 Å². The lowest BCUT2D eigenvalue weighted by Gasteiger charge is -2.14. The predicted octanol–water partition coefficient (Wildman–Crippen LogP) is 2.67. The van der Waals surface area contributed by atoms with Gasteiger partial charge in [-0.25, -0.2) is 0 Å². The van der Waals surface area contributed by atoms with Crippen LogP contribution >= 0.6 is 11.8 Å². The molecule has 0 saturated carbocycles. The van der Waals surface area contributed by atoms with Crippen molar-refractivity contribution in [3.05, 3.63) is 59.5 Å². The number of hydrogen-bond acceptors (Lipinski definition) is 4. The molecule has 136 valence electrons. The van der Waals surface area contributed by atoms with Gasteiger partial charge in [0.25, 0.3) is 0 Å². The maximum absolute atomic E-state index is 4.30. The molecule has 3 rings (SSSR count). The zero-order chi connectivity index (χ0) is 18.4. The minimum atomic E-state index is 0.735. The van der Waals surface area contributed by atoms with E-state index in [0.717, 1.165) is 36.9 Å². The average molecular weight is 369 g/mol. The van der Waals surface area contributed by atoms with E-state index >= 15 is 0 Å². The number of aromatic nitrogens is 3. The Balaban J connectivity index is 1.54. The average Bonchev–Trinajstić information content (AvgIpc) is 3.08. The van der Waals surface area contributed by atoms with Gasteiger partial charge in [-0.05, 0) is 42.5 Å². The summed E-state index contributed by atoms with van der Waals surface area (Å²) in [6, 6.07) is 12.4. The lowest BCUT2D eigenvalue weighted by atomic mass is 10.1. The molecule has 0 aliphatic rings. The fourth-order valence-corrected chi connectivity index (χ4v) is 3.46. The summed E-state index contributed by atoms with van der Waals surface area (Å²) >= 11 is 1.77. The van der Waals surface area contributed by atoms with Crippen LogP contribution in [0, 0.1) is 6.92 Å². The van der Waals surface area contributed by atoms with E-state index in [9.17, 15) is 0 Å². The molecule has 3 aromatic rings. The van der Waals surface area contributed by atoms with Crippen LogP contribution in [0.2, 0.25) is 0 Å². The van der Waals surface area contributed by atoms with Crippen molar-refractivity contribution < 1.29 is 0 Å². The number of nitrogens with zero attached hydrogens (tertiary/aromatic N) is 4. The molecule has 0 amide bonds. The molecule has 2 aromatic heterocycles. The van der Waals surface area contributed by atoms with Crippen molar-refractivity contribution in [1.29, 1.82) is 0 Å². The Kier molecular flexibility index (Phi) is 6.12. The molecule has 6 nitrogen and oxygen atoms in total. The van der Waals surface area contributed by atoms with Gasteiger partial charge in [0.05, 0.1) is 0 Å². The molecule has 0 radical (unpaired) electrons. The van der Waals surface area contributed by atoms with Crippen LogP contribution in [0.1, 0.15) is 17.0 Å². The highest BCUT2D eigenvalue weighted by Gasteiger charge is 2.06. The first kappa shape index (κ1) is 18.3. The summed E-state index contributed by atoms with van der Waals surface area (Å²) in [7, 11) is 1.78. The summed E-state index contributed by atoms with van der Waals surface area (Å²) in [5.74, 6) is 1.72. The SMILES string of the molecule is CN=C(NCCc1nnc2ccccn12)NCc1ccc(C)cc1SC. The van der Waals surface area contributed by atoms with Crippen molar-refractivity contribution in [3.63, 3.8) is 0 Å². The highest BCUT2D eigenvalue weighted by Crippen LogP contribution is 2.21. The van der Waals surface area contributed by atoms with Crippen LogP contribution in [-0.2, 0) is 13.0 Å². The number of aryl methyl sites for hydroxylation is 1. The molecule has 2 N–H and O–H groups in total. The number of thioether (sulfide) groups is 1. The zero-order valence-electron chi connectivity index (χ0n) is 15.4. The first-order chi connectivity index (χ1) is 12.7. The van der Waals surface area contributed by atoms with Crippen LogP contribution < -0.4 is 10.6 Å². The Labute approximate surface area is 158 Å². The molecule has 0 fully saturated rings. The molecule has 2 heterocycles. The van der Waals surface area contributed by atoms with Crippen LogP contribution in [0.25, 0.3) is 5.65 Å². The van der Waals surface area contributed by atoms with E-state index in [4.69, 9.17) is 0 Å². The number of hydrogen-bond donors (Lipinski definition) is 2. The van der Waals surface area contributed by atoms with Crippen molar-refractivity contribution in [2.75, 3.05) is 19.8 Å². The van der Waals surface area contributed by atoms with Crippen LogP contribution in [0.5, 0.6) is 0 Å². The largest absolute Gasteiger partial charge is 0.356 e. The smallest absolute Gasteiger partial charge is 0.191 e. The number of guanidine groups is 1. The van der Waals surface area contributed by atoms with Crippen molar-refractivity contribution in [1.82, 2.24) is 25.2 Å². The highest BCUT2D eigenvalue weighted by molar-refractivity contribution is 7.98. The highest BCUT2D eigenvalue weighted by atomic mass is 32.2. The van der Waals surface area contributed by atoms with Gasteiger partial charge >= 0.3 is 0 Å². The van der Waals surface area contributed by atoms with Crippen LogP contribution in [0.4, 0.5) is 0 Å². The second-order valence-electron chi connectivity index (χ2n) is 5.96. The molecule has 0 atom stereocenters. The second kappa shape index (κ2) is 8.71. The lowest BCUT2D eigenvalue weighted by Crippen LogP contribution is -2.38. The molecular formula is C19H24N6S. The second-order valence-corrected chi connectivity index (χ2v) is 6.81. The van der Waals surface area contributed by atoms with Gasteiger partial charge in [-0.2, -0.15) is 0 Å². The predicted molar refractivity (Wildman–Crippen MR) is 108 cm³/mol. The quantitative estimate of drug-likeness (QED) is 0.398. The van der Waals surface area contributed by atoms with Crippen LogP contribution in [0.3, 0.4) is 0 Å². The lowest BCUT2D eigenvalue weighted by molar-refractivity contribution is 0.758. The molecule has 0 aliphatic heterocycles. The van der Waals surface area contributed by atoms with E-state index in [-0.39, 0.29) is 0 Å². The van der Waals surface area contributed by atoms with E-state index in [1.165, 1.54) is 16.0 Å². The number of pyridine rings is 1. The summed E-state index contributed by atoms with van der Waals surface area (Å²) in [5.41, 5.74) is 3.42. The molecule has 7 heteroatoms. The Morgan fingerprint density at radius 2 is 2.08 bits per heavy atom. The van der Waals surface area contributed by atoms with Crippen molar-refractivity contribution in [2.24, 2.45) is 4.99 Å². The molecule has 0 saturated heterocycles. The summed E-state index contributed by atoms with van der Waals surface area (Å²) in [4.78, 5) is 5.60. The fraction of sp³-hybridized carbons (Fsp3) is 0.316. The summed E-state index contributed by atoms with van der Waals surface area (Å²) in [6.45, 7) is 3.59. The topological polar surface area (TPSA) is 66.6 Å². The Morgan fingerprint density at radius 3 is 2.88 bits per heavy atom. The van der Waals surface area contributed by atoms with Crippen molar-refractivity contribution >= 4 is 23.4 Å². The van der Waals surface area contributed by atoms with E-state index < -0.39 is 0 Å². The maximum Gasteiger partial charge on any atom is 0.191 e. The first-order valence-corrected chi connectivity index (χ1v) is 9.80. The standard InChI is InChI=1S/C19H24N6S/c1-14-7-8-15(16(12-14)26-3)13-22-19(20-2)21-10-9-18-24-23-17-6-4-5-11-25(17)18/h4-8,11-12H,9-10,13H2,1-3H3,(H2,20,21,22). The van der Waals surface area contributed by atoms with Gasteiger partial charge < -0.3 is 10.6 Å². The summed E-state index contributed by atoms with van der Waals surface area (Å²) in [6.07, 6.45) is 4.86. The van der Waals surface area contributed by atoms with Gasteiger partial charge in [0, 0.05) is 37.7 Å². The molecule has 0 bridgehead atoms.